The first-order chi connectivity index (χ1) is 10.1. The molecule has 1 aliphatic heterocycles. The van der Waals surface area contributed by atoms with E-state index in [1.54, 1.807) is 12.1 Å². The summed E-state index contributed by atoms with van der Waals surface area (Å²) in [5.41, 5.74) is 0.996. The van der Waals surface area contributed by atoms with E-state index in [0.717, 1.165) is 5.56 Å². The molecule has 5 heteroatoms. The van der Waals surface area contributed by atoms with Gasteiger partial charge in [-0.1, -0.05) is 26.0 Å². The number of nitrogens with one attached hydrogen (secondary N) is 1. The molecule has 1 fully saturated rings. The maximum atomic E-state index is 12.9. The third-order valence-corrected chi connectivity index (χ3v) is 3.61. The summed E-state index contributed by atoms with van der Waals surface area (Å²) in [7, 11) is 0. The van der Waals surface area contributed by atoms with Crippen LogP contribution < -0.4 is 5.32 Å². The van der Waals surface area contributed by atoms with Crippen LogP contribution in [0.3, 0.4) is 0 Å². The van der Waals surface area contributed by atoms with Gasteiger partial charge in [0.2, 0.25) is 0 Å². The van der Waals surface area contributed by atoms with Gasteiger partial charge in [-0.05, 0) is 30.0 Å². The topological polar surface area (TPSA) is 47.6 Å². The lowest BCUT2D eigenvalue weighted by molar-refractivity contribution is -0.148. The van der Waals surface area contributed by atoms with Gasteiger partial charge >= 0.3 is 0 Å². The van der Waals surface area contributed by atoms with Crippen LogP contribution in [0.2, 0.25) is 0 Å². The lowest BCUT2D eigenvalue weighted by Gasteiger charge is -2.27. The maximum absolute atomic E-state index is 12.9. The van der Waals surface area contributed by atoms with Crippen LogP contribution in [0.15, 0.2) is 24.3 Å². The van der Waals surface area contributed by atoms with Gasteiger partial charge in [-0.3, -0.25) is 4.79 Å². The number of rotatable bonds is 5. The van der Waals surface area contributed by atoms with E-state index in [1.165, 1.54) is 12.1 Å². The minimum atomic E-state index is -0.534. The Balaban J connectivity index is 1.95. The highest BCUT2D eigenvalue weighted by Gasteiger charge is 2.26. The van der Waals surface area contributed by atoms with Gasteiger partial charge < -0.3 is 14.8 Å². The zero-order chi connectivity index (χ0) is 15.2. The van der Waals surface area contributed by atoms with E-state index in [4.69, 9.17) is 9.47 Å². The summed E-state index contributed by atoms with van der Waals surface area (Å²) < 4.78 is 23.6. The van der Waals surface area contributed by atoms with Gasteiger partial charge in [-0.25, -0.2) is 4.39 Å². The predicted molar refractivity (Wildman–Crippen MR) is 77.4 cm³/mol. The Morgan fingerprint density at radius 1 is 1.33 bits per heavy atom. The second-order valence-electron chi connectivity index (χ2n) is 5.62. The summed E-state index contributed by atoms with van der Waals surface area (Å²) >= 11 is 0. The normalized spacial score (nSPS) is 20.3. The molecule has 2 atom stereocenters. The Morgan fingerprint density at radius 2 is 2.05 bits per heavy atom. The first-order valence-electron chi connectivity index (χ1n) is 7.30. The van der Waals surface area contributed by atoms with Crippen molar-refractivity contribution in [1.29, 1.82) is 0 Å². The molecule has 0 aliphatic carbocycles. The average molecular weight is 295 g/mol. The molecule has 1 saturated heterocycles. The second kappa shape index (κ2) is 7.52. The Kier molecular flexibility index (Phi) is 5.70. The number of amides is 1. The van der Waals surface area contributed by atoms with Crippen molar-refractivity contribution in [3.05, 3.63) is 35.6 Å². The Morgan fingerprint density at radius 3 is 2.62 bits per heavy atom. The summed E-state index contributed by atoms with van der Waals surface area (Å²) in [6.07, 6.45) is 0.130. The Hall–Kier alpha value is -1.46. The number of carbonyl (C=O) groups excluding carboxylic acids is 1. The number of hydrogen-bond donors (Lipinski definition) is 1. The van der Waals surface area contributed by atoms with E-state index >= 15 is 0 Å². The van der Waals surface area contributed by atoms with Gasteiger partial charge in [0, 0.05) is 6.04 Å². The molecular formula is C16H22FNO3. The first-order valence-corrected chi connectivity index (χ1v) is 7.30. The fourth-order valence-electron chi connectivity index (χ4n) is 2.24. The van der Waals surface area contributed by atoms with Gasteiger partial charge in [0.25, 0.3) is 5.91 Å². The smallest absolute Gasteiger partial charge is 0.251 e. The van der Waals surface area contributed by atoms with Crippen LogP contribution in [0.5, 0.6) is 0 Å². The van der Waals surface area contributed by atoms with E-state index in [-0.39, 0.29) is 23.7 Å². The third-order valence-electron chi connectivity index (χ3n) is 3.61. The number of benzene rings is 1. The number of carbonyl (C=O) groups is 1. The molecule has 0 spiro atoms. The Bertz CT molecular complexity index is 455. The van der Waals surface area contributed by atoms with Crippen LogP contribution in [0.1, 0.15) is 19.4 Å². The van der Waals surface area contributed by atoms with Crippen LogP contribution in [-0.4, -0.2) is 37.9 Å². The van der Waals surface area contributed by atoms with E-state index in [0.29, 0.717) is 26.2 Å². The average Bonchev–Trinajstić information content (AvgIpc) is 2.49. The van der Waals surface area contributed by atoms with Crippen molar-refractivity contribution in [1.82, 2.24) is 5.32 Å². The summed E-state index contributed by atoms with van der Waals surface area (Å²) in [5.74, 6) is -0.129. The zero-order valence-corrected chi connectivity index (χ0v) is 12.5. The largest absolute Gasteiger partial charge is 0.376 e. The van der Waals surface area contributed by atoms with Crippen LogP contribution in [0.4, 0.5) is 4.39 Å². The number of hydrogen-bond acceptors (Lipinski definition) is 3. The molecule has 1 N–H and O–H groups in total. The van der Waals surface area contributed by atoms with Gasteiger partial charge in [0.1, 0.15) is 5.82 Å². The van der Waals surface area contributed by atoms with Crippen LogP contribution in [0, 0.1) is 11.7 Å². The fourth-order valence-corrected chi connectivity index (χ4v) is 2.24. The monoisotopic (exact) mass is 295 g/mol. The highest BCUT2D eigenvalue weighted by atomic mass is 19.1. The molecule has 2 rings (SSSR count). The minimum Gasteiger partial charge on any atom is -0.376 e. The maximum Gasteiger partial charge on any atom is 0.251 e. The molecule has 0 aromatic heterocycles. The SMILES string of the molecule is CC(C)C(Cc1ccc(F)cc1)NC(=O)C1COCCO1. The van der Waals surface area contributed by atoms with Gasteiger partial charge in [0.15, 0.2) is 6.10 Å². The number of ether oxygens (including phenoxy) is 2. The van der Waals surface area contributed by atoms with Crippen LogP contribution in [-0.2, 0) is 20.7 Å². The third kappa shape index (κ3) is 4.79. The molecule has 1 aromatic rings. The Labute approximate surface area is 124 Å². The molecule has 1 amide bonds. The standard InChI is InChI=1S/C16H22FNO3/c1-11(2)14(9-12-3-5-13(17)6-4-12)18-16(19)15-10-20-7-8-21-15/h3-6,11,14-15H,7-10H2,1-2H3,(H,18,19). The zero-order valence-electron chi connectivity index (χ0n) is 12.5. The molecule has 4 nitrogen and oxygen atoms in total. The van der Waals surface area contributed by atoms with Crippen LogP contribution in [0.25, 0.3) is 0 Å². The molecule has 1 aliphatic rings. The van der Waals surface area contributed by atoms with E-state index in [2.05, 4.69) is 5.32 Å². The lowest BCUT2D eigenvalue weighted by atomic mass is 9.96. The van der Waals surface area contributed by atoms with Gasteiger partial charge in [-0.2, -0.15) is 0 Å². The van der Waals surface area contributed by atoms with E-state index < -0.39 is 6.10 Å². The van der Waals surface area contributed by atoms with E-state index in [1.807, 2.05) is 13.8 Å². The predicted octanol–water partition coefficient (Wildman–Crippen LogP) is 1.92. The second-order valence-corrected chi connectivity index (χ2v) is 5.62. The van der Waals surface area contributed by atoms with Gasteiger partial charge in [0.05, 0.1) is 19.8 Å². The van der Waals surface area contributed by atoms with Crippen molar-refractivity contribution >= 4 is 5.91 Å². The first kappa shape index (κ1) is 15.9. The molecular weight excluding hydrogens is 273 g/mol. The summed E-state index contributed by atoms with van der Waals surface area (Å²) in [5, 5.41) is 3.01. The van der Waals surface area contributed by atoms with Crippen molar-refractivity contribution in [3.63, 3.8) is 0 Å². The van der Waals surface area contributed by atoms with Crippen molar-refractivity contribution in [3.8, 4) is 0 Å². The highest BCUT2D eigenvalue weighted by molar-refractivity contribution is 5.81. The van der Waals surface area contributed by atoms with Crippen molar-refractivity contribution < 1.29 is 18.7 Å². The van der Waals surface area contributed by atoms with Crippen molar-refractivity contribution in [2.24, 2.45) is 5.92 Å². The van der Waals surface area contributed by atoms with E-state index in [9.17, 15) is 9.18 Å². The summed E-state index contributed by atoms with van der Waals surface area (Å²) in [4.78, 5) is 12.2. The quantitative estimate of drug-likeness (QED) is 0.903. The molecule has 1 aromatic carbocycles. The van der Waals surface area contributed by atoms with Gasteiger partial charge in [-0.15, -0.1) is 0 Å². The van der Waals surface area contributed by atoms with Crippen molar-refractivity contribution in [2.45, 2.75) is 32.4 Å². The lowest BCUT2D eigenvalue weighted by Crippen LogP contribution is -2.48. The molecule has 1 heterocycles. The molecule has 0 bridgehead atoms. The van der Waals surface area contributed by atoms with Crippen molar-refractivity contribution in [2.75, 3.05) is 19.8 Å². The fraction of sp³-hybridized carbons (Fsp3) is 0.562. The molecule has 21 heavy (non-hydrogen) atoms. The summed E-state index contributed by atoms with van der Waals surface area (Å²) in [6, 6.07) is 6.35. The molecule has 116 valence electrons. The number of halogens is 1. The highest BCUT2D eigenvalue weighted by Crippen LogP contribution is 2.12. The molecule has 0 saturated carbocycles. The molecule has 2 unspecified atom stereocenters. The van der Waals surface area contributed by atoms with Crippen LogP contribution >= 0.6 is 0 Å². The minimum absolute atomic E-state index is 0.0199. The molecule has 0 radical (unpaired) electrons. The summed E-state index contributed by atoms with van der Waals surface area (Å²) in [6.45, 7) is 5.38.